The van der Waals surface area contributed by atoms with Crippen molar-refractivity contribution >= 4 is 23.7 Å². The number of carbonyl (C=O) groups is 2. The number of allylic oxidation sites excluding steroid dienone is 1. The number of hydrogen-bond donors (Lipinski definition) is 2. The number of urea groups is 1. The lowest BCUT2D eigenvalue weighted by Gasteiger charge is -2.30. The van der Waals surface area contributed by atoms with Gasteiger partial charge in [0.05, 0.1) is 11.6 Å². The van der Waals surface area contributed by atoms with Crippen LogP contribution in [0.5, 0.6) is 0 Å². The van der Waals surface area contributed by atoms with E-state index in [9.17, 15) is 9.59 Å². The second-order valence-corrected chi connectivity index (χ2v) is 5.92. The average molecular weight is 305 g/mol. The van der Waals surface area contributed by atoms with Crippen LogP contribution in [0.15, 0.2) is 40.4 Å². The molecule has 1 aromatic carbocycles. The molecule has 0 bridgehead atoms. The normalized spacial score (nSPS) is 18.1. The number of thioether (sulfide) groups is 1. The van der Waals surface area contributed by atoms with Crippen molar-refractivity contribution in [3.63, 3.8) is 0 Å². The molecule has 0 aliphatic carbocycles. The van der Waals surface area contributed by atoms with E-state index >= 15 is 0 Å². The average Bonchev–Trinajstić information content (AvgIpc) is 2.46. The summed E-state index contributed by atoms with van der Waals surface area (Å²) in [5.74, 6) is -0.112. The molecule has 1 aromatic rings. The zero-order valence-corrected chi connectivity index (χ0v) is 13.4. The van der Waals surface area contributed by atoms with Crippen LogP contribution >= 0.6 is 11.8 Å². The number of rotatable bonds is 3. The molecule has 0 saturated heterocycles. The number of nitrogens with zero attached hydrogens (tertiary/aromatic N) is 1. The van der Waals surface area contributed by atoms with E-state index < -0.39 is 6.04 Å². The Kier molecular flexibility index (Phi) is 4.57. The number of hydrogen-bond acceptors (Lipinski definition) is 3. The lowest BCUT2D eigenvalue weighted by Crippen LogP contribution is -2.46. The van der Waals surface area contributed by atoms with Crippen molar-refractivity contribution < 1.29 is 9.59 Å². The molecule has 0 aromatic heterocycles. The smallest absolute Gasteiger partial charge is 0.319 e. The van der Waals surface area contributed by atoms with Crippen molar-refractivity contribution in [3.8, 4) is 0 Å². The Bertz CT molecular complexity index is 593. The predicted octanol–water partition coefficient (Wildman–Crippen LogP) is 2.12. The summed E-state index contributed by atoms with van der Waals surface area (Å²) in [5.41, 5.74) is 2.06. The molecule has 5 nitrogen and oxygen atoms in total. The van der Waals surface area contributed by atoms with Crippen LogP contribution in [0.4, 0.5) is 4.79 Å². The molecule has 0 fully saturated rings. The van der Waals surface area contributed by atoms with E-state index in [1.54, 1.807) is 32.8 Å². The molecule has 1 unspecified atom stereocenters. The topological polar surface area (TPSA) is 61.4 Å². The number of benzene rings is 1. The Hall–Kier alpha value is -1.95. The maximum Gasteiger partial charge on any atom is 0.319 e. The SMILES string of the molecule is CSc1ccc(C2NC(=O)NC(C)=C2C(=O)N(C)C)cc1. The molecular formula is C15H19N3O2S. The van der Waals surface area contributed by atoms with Gasteiger partial charge in [0.1, 0.15) is 0 Å². The van der Waals surface area contributed by atoms with Crippen molar-refractivity contribution in [1.29, 1.82) is 0 Å². The first-order valence-corrected chi connectivity index (χ1v) is 7.80. The molecule has 21 heavy (non-hydrogen) atoms. The van der Waals surface area contributed by atoms with Crippen LogP contribution in [-0.2, 0) is 4.79 Å². The van der Waals surface area contributed by atoms with Gasteiger partial charge in [0.2, 0.25) is 0 Å². The Labute approximate surface area is 128 Å². The molecule has 6 heteroatoms. The molecule has 1 aliphatic rings. The van der Waals surface area contributed by atoms with E-state index in [2.05, 4.69) is 10.6 Å². The monoisotopic (exact) mass is 305 g/mol. The lowest BCUT2D eigenvalue weighted by molar-refractivity contribution is -0.125. The van der Waals surface area contributed by atoms with E-state index in [0.29, 0.717) is 11.3 Å². The van der Waals surface area contributed by atoms with Crippen molar-refractivity contribution in [2.45, 2.75) is 17.9 Å². The van der Waals surface area contributed by atoms with Gasteiger partial charge in [-0.05, 0) is 30.9 Å². The van der Waals surface area contributed by atoms with Crippen LogP contribution in [0, 0.1) is 0 Å². The molecule has 2 rings (SSSR count). The Morgan fingerprint density at radius 3 is 2.38 bits per heavy atom. The minimum absolute atomic E-state index is 0.112. The van der Waals surface area contributed by atoms with Crippen LogP contribution in [0.1, 0.15) is 18.5 Å². The van der Waals surface area contributed by atoms with Crippen LogP contribution in [0.3, 0.4) is 0 Å². The third-order valence-corrected chi connectivity index (χ3v) is 4.10. The summed E-state index contributed by atoms with van der Waals surface area (Å²) < 4.78 is 0. The second-order valence-electron chi connectivity index (χ2n) is 5.04. The van der Waals surface area contributed by atoms with Gasteiger partial charge in [-0.1, -0.05) is 12.1 Å². The standard InChI is InChI=1S/C15H19N3O2S/c1-9-12(14(19)18(2)3)13(17-15(20)16-9)10-5-7-11(21-4)8-6-10/h5-8,13H,1-4H3,(H2,16,17,20). The number of likely N-dealkylation sites (N-methyl/N-ethyl adjacent to an activating group) is 1. The summed E-state index contributed by atoms with van der Waals surface area (Å²) >= 11 is 1.65. The van der Waals surface area contributed by atoms with Gasteiger partial charge < -0.3 is 15.5 Å². The van der Waals surface area contributed by atoms with Crippen molar-refractivity contribution in [3.05, 3.63) is 41.1 Å². The third-order valence-electron chi connectivity index (χ3n) is 3.35. The van der Waals surface area contributed by atoms with Crippen LogP contribution in [0.2, 0.25) is 0 Å². The zero-order chi connectivity index (χ0) is 15.6. The fourth-order valence-corrected chi connectivity index (χ4v) is 2.67. The van der Waals surface area contributed by atoms with E-state index in [0.717, 1.165) is 10.5 Å². The van der Waals surface area contributed by atoms with Crippen LogP contribution in [0.25, 0.3) is 0 Å². The maximum atomic E-state index is 12.4. The first-order valence-electron chi connectivity index (χ1n) is 6.58. The van der Waals surface area contributed by atoms with Gasteiger partial charge in [-0.2, -0.15) is 0 Å². The van der Waals surface area contributed by atoms with Crippen molar-refractivity contribution in [1.82, 2.24) is 15.5 Å². The fraction of sp³-hybridized carbons (Fsp3) is 0.333. The number of carbonyl (C=O) groups excluding carboxylic acids is 2. The van der Waals surface area contributed by atoms with E-state index in [1.807, 2.05) is 30.5 Å². The van der Waals surface area contributed by atoms with Gasteiger partial charge in [0.25, 0.3) is 5.91 Å². The van der Waals surface area contributed by atoms with E-state index in [4.69, 9.17) is 0 Å². The van der Waals surface area contributed by atoms with Gasteiger partial charge >= 0.3 is 6.03 Å². The first kappa shape index (κ1) is 15.4. The highest BCUT2D eigenvalue weighted by Gasteiger charge is 2.31. The number of amides is 3. The molecule has 0 radical (unpaired) electrons. The summed E-state index contributed by atoms with van der Waals surface area (Å²) in [6, 6.07) is 7.14. The largest absolute Gasteiger partial charge is 0.345 e. The summed E-state index contributed by atoms with van der Waals surface area (Å²) in [4.78, 5) is 26.8. The van der Waals surface area contributed by atoms with Gasteiger partial charge in [-0.25, -0.2) is 4.79 Å². The molecule has 1 aliphatic heterocycles. The molecule has 1 atom stereocenters. The van der Waals surface area contributed by atoms with Crippen molar-refractivity contribution in [2.75, 3.05) is 20.4 Å². The molecule has 2 N–H and O–H groups in total. The lowest BCUT2D eigenvalue weighted by atomic mass is 9.94. The zero-order valence-electron chi connectivity index (χ0n) is 12.6. The minimum atomic E-state index is -0.426. The molecule has 0 spiro atoms. The first-order chi connectivity index (χ1) is 9.93. The predicted molar refractivity (Wildman–Crippen MR) is 84.0 cm³/mol. The fourth-order valence-electron chi connectivity index (χ4n) is 2.26. The van der Waals surface area contributed by atoms with Crippen molar-refractivity contribution in [2.24, 2.45) is 0 Å². The van der Waals surface area contributed by atoms with Gasteiger partial charge in [-0.15, -0.1) is 11.8 Å². The molecule has 1 heterocycles. The van der Waals surface area contributed by atoms with Gasteiger partial charge in [0, 0.05) is 24.7 Å². The number of nitrogens with one attached hydrogen (secondary N) is 2. The van der Waals surface area contributed by atoms with Crippen LogP contribution < -0.4 is 10.6 Å². The Morgan fingerprint density at radius 1 is 1.24 bits per heavy atom. The highest BCUT2D eigenvalue weighted by atomic mass is 32.2. The summed E-state index contributed by atoms with van der Waals surface area (Å²) in [7, 11) is 3.40. The van der Waals surface area contributed by atoms with Crippen LogP contribution in [-0.4, -0.2) is 37.2 Å². The molecule has 112 valence electrons. The van der Waals surface area contributed by atoms with Gasteiger partial charge in [0.15, 0.2) is 0 Å². The minimum Gasteiger partial charge on any atom is -0.345 e. The third kappa shape index (κ3) is 3.21. The highest BCUT2D eigenvalue weighted by Crippen LogP contribution is 2.28. The quantitative estimate of drug-likeness (QED) is 0.841. The van der Waals surface area contributed by atoms with E-state index in [-0.39, 0.29) is 11.9 Å². The summed E-state index contributed by atoms with van der Waals surface area (Å²) in [5, 5.41) is 5.49. The summed E-state index contributed by atoms with van der Waals surface area (Å²) in [6.07, 6.45) is 2.01. The summed E-state index contributed by atoms with van der Waals surface area (Å²) in [6.45, 7) is 1.75. The maximum absolute atomic E-state index is 12.4. The highest BCUT2D eigenvalue weighted by molar-refractivity contribution is 7.98. The second kappa shape index (κ2) is 6.22. The Morgan fingerprint density at radius 2 is 1.86 bits per heavy atom. The molecule has 0 saturated carbocycles. The molecule has 3 amide bonds. The van der Waals surface area contributed by atoms with E-state index in [1.165, 1.54) is 4.90 Å². The molecular weight excluding hydrogens is 286 g/mol. The van der Waals surface area contributed by atoms with Gasteiger partial charge in [-0.3, -0.25) is 4.79 Å². The Balaban J connectivity index is 2.44.